The van der Waals surface area contributed by atoms with Crippen LogP contribution in [0.4, 0.5) is 5.69 Å². The van der Waals surface area contributed by atoms with Crippen LogP contribution in [0, 0.1) is 5.92 Å². The lowest BCUT2D eigenvalue weighted by Gasteiger charge is -2.11. The number of amides is 1. The average Bonchev–Trinajstić information content (AvgIpc) is 2.76. The highest BCUT2D eigenvalue weighted by Crippen LogP contribution is 2.19. The van der Waals surface area contributed by atoms with E-state index >= 15 is 0 Å². The highest BCUT2D eigenvalue weighted by Gasteiger charge is 2.07. The molecule has 0 atom stereocenters. The van der Waals surface area contributed by atoms with Crippen LogP contribution in [0.15, 0.2) is 78.9 Å². The molecule has 30 heavy (non-hydrogen) atoms. The fourth-order valence-corrected chi connectivity index (χ4v) is 2.67. The van der Waals surface area contributed by atoms with Gasteiger partial charge in [0.25, 0.3) is 5.91 Å². The average molecular weight is 405 g/mol. The number of para-hydroxylation sites is 1. The van der Waals surface area contributed by atoms with Gasteiger partial charge in [-0.25, -0.2) is 0 Å². The van der Waals surface area contributed by atoms with Crippen LogP contribution in [0.5, 0.6) is 17.2 Å². The van der Waals surface area contributed by atoms with Crippen molar-refractivity contribution < 1.29 is 19.0 Å². The monoisotopic (exact) mass is 405 g/mol. The Hall–Kier alpha value is -3.47. The van der Waals surface area contributed by atoms with E-state index in [0.29, 0.717) is 42.7 Å². The van der Waals surface area contributed by atoms with Gasteiger partial charge in [0.15, 0.2) is 0 Å². The predicted octanol–water partition coefficient (Wildman–Crippen LogP) is 5.43. The van der Waals surface area contributed by atoms with Gasteiger partial charge in [-0.3, -0.25) is 4.79 Å². The highest BCUT2D eigenvalue weighted by molar-refractivity contribution is 6.04. The summed E-state index contributed by atoms with van der Waals surface area (Å²) < 4.78 is 17.0. The summed E-state index contributed by atoms with van der Waals surface area (Å²) in [5.74, 6) is 2.50. The molecule has 0 aliphatic carbocycles. The first-order chi connectivity index (χ1) is 14.6. The Morgan fingerprint density at radius 2 is 1.40 bits per heavy atom. The molecule has 0 saturated carbocycles. The molecule has 3 rings (SSSR count). The minimum Gasteiger partial charge on any atom is -0.493 e. The van der Waals surface area contributed by atoms with E-state index in [9.17, 15) is 4.79 Å². The normalized spacial score (nSPS) is 10.5. The van der Waals surface area contributed by atoms with E-state index in [0.717, 1.165) is 11.5 Å². The molecule has 0 aromatic heterocycles. The number of hydrogen-bond donors (Lipinski definition) is 1. The van der Waals surface area contributed by atoms with Gasteiger partial charge in [0.05, 0.1) is 6.61 Å². The van der Waals surface area contributed by atoms with Gasteiger partial charge >= 0.3 is 0 Å². The van der Waals surface area contributed by atoms with Crippen molar-refractivity contribution in [3.8, 4) is 17.2 Å². The molecule has 0 aliphatic heterocycles. The minimum atomic E-state index is -0.185. The first-order valence-electron chi connectivity index (χ1n) is 10.0. The number of benzene rings is 3. The molecular formula is C25H27NO4. The van der Waals surface area contributed by atoms with Gasteiger partial charge in [0, 0.05) is 17.3 Å². The van der Waals surface area contributed by atoms with E-state index in [1.54, 1.807) is 18.2 Å². The zero-order valence-electron chi connectivity index (χ0n) is 17.3. The van der Waals surface area contributed by atoms with E-state index in [-0.39, 0.29) is 5.91 Å². The number of carbonyl (C=O) groups is 1. The Labute approximate surface area is 177 Å². The van der Waals surface area contributed by atoms with Gasteiger partial charge in [-0.05, 0) is 54.4 Å². The largest absolute Gasteiger partial charge is 0.493 e. The molecule has 1 N–H and O–H groups in total. The zero-order valence-corrected chi connectivity index (χ0v) is 17.3. The summed E-state index contributed by atoms with van der Waals surface area (Å²) in [6, 6.07) is 24.0. The lowest BCUT2D eigenvalue weighted by molar-refractivity contribution is 0.102. The second-order valence-corrected chi connectivity index (χ2v) is 7.22. The van der Waals surface area contributed by atoms with E-state index < -0.39 is 0 Å². The van der Waals surface area contributed by atoms with Crippen molar-refractivity contribution in [2.45, 2.75) is 13.8 Å². The summed E-state index contributed by atoms with van der Waals surface area (Å²) in [7, 11) is 0. The molecule has 0 spiro atoms. The van der Waals surface area contributed by atoms with Gasteiger partial charge in [-0.2, -0.15) is 0 Å². The Morgan fingerprint density at radius 3 is 2.10 bits per heavy atom. The minimum absolute atomic E-state index is 0.185. The van der Waals surface area contributed by atoms with Crippen molar-refractivity contribution in [3.05, 3.63) is 84.4 Å². The molecule has 0 aliphatic rings. The second-order valence-electron chi connectivity index (χ2n) is 7.22. The molecule has 0 bridgehead atoms. The van der Waals surface area contributed by atoms with Crippen molar-refractivity contribution in [1.82, 2.24) is 0 Å². The Balaban J connectivity index is 1.48. The fraction of sp³-hybridized carbons (Fsp3) is 0.240. The summed E-state index contributed by atoms with van der Waals surface area (Å²) >= 11 is 0. The molecule has 1 amide bonds. The molecule has 5 nitrogen and oxygen atoms in total. The maximum absolute atomic E-state index is 12.5. The van der Waals surface area contributed by atoms with Crippen molar-refractivity contribution in [2.24, 2.45) is 5.92 Å². The summed E-state index contributed by atoms with van der Waals surface area (Å²) in [5.41, 5.74) is 1.23. The molecular weight excluding hydrogens is 378 g/mol. The highest BCUT2D eigenvalue weighted by atomic mass is 16.5. The van der Waals surface area contributed by atoms with Crippen molar-refractivity contribution in [3.63, 3.8) is 0 Å². The first-order valence-corrected chi connectivity index (χ1v) is 10.0. The van der Waals surface area contributed by atoms with E-state index in [1.165, 1.54) is 0 Å². The number of ether oxygens (including phenoxy) is 3. The first kappa shape index (κ1) is 21.2. The number of anilines is 1. The third-order valence-electron chi connectivity index (χ3n) is 4.16. The predicted molar refractivity (Wildman–Crippen MR) is 119 cm³/mol. The SMILES string of the molecule is CC(C)COc1ccc(C(=O)Nc2cccc(OCCOc3ccccc3)c2)cc1. The summed E-state index contributed by atoms with van der Waals surface area (Å²) in [6.45, 7) is 5.68. The van der Waals surface area contributed by atoms with Crippen LogP contribution in [-0.2, 0) is 0 Å². The topological polar surface area (TPSA) is 56.8 Å². The van der Waals surface area contributed by atoms with Gasteiger partial charge in [0.1, 0.15) is 30.5 Å². The number of carbonyl (C=O) groups excluding carboxylic acids is 1. The van der Waals surface area contributed by atoms with Crippen LogP contribution < -0.4 is 19.5 Å². The molecule has 0 unspecified atom stereocenters. The lowest BCUT2D eigenvalue weighted by atomic mass is 10.2. The molecule has 0 fully saturated rings. The van der Waals surface area contributed by atoms with Crippen molar-refractivity contribution in [2.75, 3.05) is 25.1 Å². The Kier molecular flexibility index (Phi) is 7.72. The van der Waals surface area contributed by atoms with E-state index in [4.69, 9.17) is 14.2 Å². The quantitative estimate of drug-likeness (QED) is 0.457. The molecule has 0 radical (unpaired) electrons. The second kappa shape index (κ2) is 10.9. The van der Waals surface area contributed by atoms with Crippen LogP contribution in [0.1, 0.15) is 24.2 Å². The van der Waals surface area contributed by atoms with Crippen molar-refractivity contribution in [1.29, 1.82) is 0 Å². The van der Waals surface area contributed by atoms with Gasteiger partial charge in [-0.1, -0.05) is 38.1 Å². The molecule has 156 valence electrons. The van der Waals surface area contributed by atoms with Crippen LogP contribution >= 0.6 is 0 Å². The molecule has 3 aromatic rings. The van der Waals surface area contributed by atoms with Gasteiger partial charge in [-0.15, -0.1) is 0 Å². The Bertz CT molecular complexity index is 923. The molecule has 5 heteroatoms. The van der Waals surface area contributed by atoms with Gasteiger partial charge < -0.3 is 19.5 Å². The van der Waals surface area contributed by atoms with Crippen LogP contribution in [0.2, 0.25) is 0 Å². The third-order valence-corrected chi connectivity index (χ3v) is 4.16. The van der Waals surface area contributed by atoms with Crippen LogP contribution in [0.25, 0.3) is 0 Å². The lowest BCUT2D eigenvalue weighted by Crippen LogP contribution is -2.12. The number of nitrogens with one attached hydrogen (secondary N) is 1. The number of hydrogen-bond acceptors (Lipinski definition) is 4. The summed E-state index contributed by atoms with van der Waals surface area (Å²) in [6.07, 6.45) is 0. The van der Waals surface area contributed by atoms with E-state index in [2.05, 4.69) is 19.2 Å². The van der Waals surface area contributed by atoms with Crippen molar-refractivity contribution >= 4 is 11.6 Å². The molecule has 3 aromatic carbocycles. The van der Waals surface area contributed by atoms with Crippen LogP contribution in [0.3, 0.4) is 0 Å². The third kappa shape index (κ3) is 6.85. The fourth-order valence-electron chi connectivity index (χ4n) is 2.67. The summed E-state index contributed by atoms with van der Waals surface area (Å²) in [4.78, 5) is 12.5. The zero-order chi connectivity index (χ0) is 21.2. The summed E-state index contributed by atoms with van der Waals surface area (Å²) in [5, 5.41) is 2.89. The maximum Gasteiger partial charge on any atom is 0.255 e. The van der Waals surface area contributed by atoms with Gasteiger partial charge in [0.2, 0.25) is 0 Å². The standard InChI is InChI=1S/C25H27NO4/c1-19(2)18-30-23-13-11-20(12-14-23)25(27)26-21-7-6-10-24(17-21)29-16-15-28-22-8-4-3-5-9-22/h3-14,17,19H,15-16,18H2,1-2H3,(H,26,27). The van der Waals surface area contributed by atoms with Crippen LogP contribution in [-0.4, -0.2) is 25.7 Å². The maximum atomic E-state index is 12.5. The smallest absolute Gasteiger partial charge is 0.255 e. The molecule has 0 saturated heterocycles. The van der Waals surface area contributed by atoms with E-state index in [1.807, 2.05) is 60.7 Å². The molecule has 0 heterocycles. The number of rotatable bonds is 10. The Morgan fingerprint density at radius 1 is 0.767 bits per heavy atom.